The molecule has 0 spiro atoms. The number of benzene rings is 1. The summed E-state index contributed by atoms with van der Waals surface area (Å²) >= 11 is 5.87. The lowest BCUT2D eigenvalue weighted by atomic mass is 10.2. The minimum absolute atomic E-state index is 0.283. The van der Waals surface area contributed by atoms with Crippen LogP contribution >= 0.6 is 11.6 Å². The third-order valence-electron chi connectivity index (χ3n) is 2.31. The Hall–Kier alpha value is -1.48. The van der Waals surface area contributed by atoms with Crippen LogP contribution in [0, 0.1) is 0 Å². The maximum absolute atomic E-state index is 11.6. The van der Waals surface area contributed by atoms with Gasteiger partial charge in [-0.1, -0.05) is 23.7 Å². The summed E-state index contributed by atoms with van der Waals surface area (Å²) in [6, 6.07) is 6.97. The van der Waals surface area contributed by atoms with Gasteiger partial charge in [-0.25, -0.2) is 0 Å². The topological polar surface area (TPSA) is 35.5 Å². The molecule has 0 bridgehead atoms. The number of rotatable bonds is 7. The second-order valence-corrected chi connectivity index (χ2v) is 5.05. The van der Waals surface area contributed by atoms with Crippen LogP contribution in [0.2, 0.25) is 5.02 Å². The van der Waals surface area contributed by atoms with Crippen LogP contribution < -0.4 is 4.74 Å². The number of carbonyl (C=O) groups is 1. The molecule has 0 fully saturated rings. The quantitative estimate of drug-likeness (QED) is 0.323. The summed E-state index contributed by atoms with van der Waals surface area (Å²) < 4.78 is 10.9. The zero-order chi connectivity index (χ0) is 14.3. The molecule has 0 unspecified atom stereocenters. The Morgan fingerprint density at radius 2 is 2.21 bits per heavy atom. The molecule has 104 valence electrons. The number of ether oxygens (including phenoxy) is 2. The molecule has 0 amide bonds. The second-order valence-electron chi connectivity index (χ2n) is 4.61. The molecular weight excluding hydrogens is 264 g/mol. The van der Waals surface area contributed by atoms with E-state index in [-0.39, 0.29) is 5.97 Å². The van der Waals surface area contributed by atoms with Gasteiger partial charge in [0.15, 0.2) is 0 Å². The van der Waals surface area contributed by atoms with Crippen molar-refractivity contribution in [1.82, 2.24) is 0 Å². The van der Waals surface area contributed by atoms with Gasteiger partial charge in [0.05, 0.1) is 0 Å². The highest BCUT2D eigenvalue weighted by Gasteiger charge is 2.24. The van der Waals surface area contributed by atoms with Crippen LogP contribution in [0.5, 0.6) is 5.75 Å². The first-order chi connectivity index (χ1) is 8.93. The van der Waals surface area contributed by atoms with Crippen molar-refractivity contribution in [1.29, 1.82) is 0 Å². The highest BCUT2D eigenvalue weighted by atomic mass is 35.5. The first-order valence-electron chi connectivity index (χ1n) is 6.20. The Morgan fingerprint density at radius 1 is 1.47 bits per heavy atom. The minimum atomic E-state index is -1.02. The van der Waals surface area contributed by atoms with Crippen LogP contribution in [-0.4, -0.2) is 11.8 Å². The van der Waals surface area contributed by atoms with E-state index in [9.17, 15) is 4.79 Å². The SMILES string of the molecule is C=CCCCC(=O)OC(C)(C)Oc1cccc(Cl)c1. The van der Waals surface area contributed by atoms with Gasteiger partial charge in [0.2, 0.25) is 5.79 Å². The van der Waals surface area contributed by atoms with Gasteiger partial charge in [-0.2, -0.15) is 0 Å². The predicted octanol–water partition coefficient (Wildman–Crippen LogP) is 4.35. The Balaban J connectivity index is 2.51. The summed E-state index contributed by atoms with van der Waals surface area (Å²) in [6.07, 6.45) is 3.66. The van der Waals surface area contributed by atoms with Crippen LogP contribution in [0.3, 0.4) is 0 Å². The zero-order valence-corrected chi connectivity index (χ0v) is 12.1. The Morgan fingerprint density at radius 3 is 2.84 bits per heavy atom. The van der Waals surface area contributed by atoms with E-state index in [0.29, 0.717) is 17.2 Å². The lowest BCUT2D eigenvalue weighted by Gasteiger charge is -2.26. The average Bonchev–Trinajstić information content (AvgIpc) is 2.27. The van der Waals surface area contributed by atoms with Gasteiger partial charge in [-0.05, 0) is 31.0 Å². The van der Waals surface area contributed by atoms with Crippen LogP contribution in [-0.2, 0) is 9.53 Å². The van der Waals surface area contributed by atoms with E-state index in [2.05, 4.69) is 6.58 Å². The predicted molar refractivity (Wildman–Crippen MR) is 76.3 cm³/mol. The van der Waals surface area contributed by atoms with Crippen molar-refractivity contribution in [3.8, 4) is 5.75 Å². The van der Waals surface area contributed by atoms with Crippen molar-refractivity contribution >= 4 is 17.6 Å². The molecule has 0 aromatic heterocycles. The number of allylic oxidation sites excluding steroid dienone is 1. The number of carbonyl (C=O) groups excluding carboxylic acids is 1. The van der Waals surface area contributed by atoms with E-state index in [0.717, 1.165) is 12.8 Å². The van der Waals surface area contributed by atoms with E-state index in [4.69, 9.17) is 21.1 Å². The summed E-state index contributed by atoms with van der Waals surface area (Å²) in [6.45, 7) is 6.99. The monoisotopic (exact) mass is 282 g/mol. The van der Waals surface area contributed by atoms with Gasteiger partial charge in [-0.15, -0.1) is 6.58 Å². The Bertz CT molecular complexity index is 441. The fourth-order valence-corrected chi connectivity index (χ4v) is 1.73. The standard InChI is InChI=1S/C15H19ClO3/c1-4-5-6-10-14(17)19-15(2,3)18-13-9-7-8-12(16)11-13/h4,7-9,11H,1,5-6,10H2,2-3H3. The lowest BCUT2D eigenvalue weighted by molar-refractivity contribution is -0.186. The van der Waals surface area contributed by atoms with E-state index in [1.165, 1.54) is 0 Å². The van der Waals surface area contributed by atoms with Gasteiger partial charge in [0.1, 0.15) is 5.75 Å². The molecule has 4 heteroatoms. The van der Waals surface area contributed by atoms with Crippen molar-refractivity contribution in [3.05, 3.63) is 41.9 Å². The smallest absolute Gasteiger partial charge is 0.309 e. The molecule has 1 rings (SSSR count). The molecule has 0 aliphatic heterocycles. The highest BCUT2D eigenvalue weighted by Crippen LogP contribution is 2.23. The number of hydrogen-bond donors (Lipinski definition) is 0. The van der Waals surface area contributed by atoms with Crippen molar-refractivity contribution in [3.63, 3.8) is 0 Å². The molecule has 1 aromatic rings. The molecule has 1 aromatic carbocycles. The van der Waals surface area contributed by atoms with E-state index in [1.807, 2.05) is 0 Å². The summed E-state index contributed by atoms with van der Waals surface area (Å²) in [7, 11) is 0. The van der Waals surface area contributed by atoms with Crippen molar-refractivity contribution < 1.29 is 14.3 Å². The fourth-order valence-electron chi connectivity index (χ4n) is 1.55. The summed E-state index contributed by atoms with van der Waals surface area (Å²) in [5.41, 5.74) is 0. The van der Waals surface area contributed by atoms with Crippen molar-refractivity contribution in [2.24, 2.45) is 0 Å². The third kappa shape index (κ3) is 6.30. The van der Waals surface area contributed by atoms with Crippen LogP contribution in [0.4, 0.5) is 0 Å². The maximum atomic E-state index is 11.6. The van der Waals surface area contributed by atoms with Gasteiger partial charge >= 0.3 is 5.97 Å². The van der Waals surface area contributed by atoms with Crippen LogP contribution in [0.1, 0.15) is 33.1 Å². The van der Waals surface area contributed by atoms with Crippen molar-refractivity contribution in [2.45, 2.75) is 38.9 Å². The second kappa shape index (κ2) is 7.19. The van der Waals surface area contributed by atoms with Crippen LogP contribution in [0.25, 0.3) is 0 Å². The molecule has 0 heterocycles. The molecule has 0 atom stereocenters. The molecule has 0 aliphatic rings. The number of unbranched alkanes of at least 4 members (excludes halogenated alkanes) is 1. The molecule has 0 N–H and O–H groups in total. The lowest BCUT2D eigenvalue weighted by Crippen LogP contribution is -2.34. The van der Waals surface area contributed by atoms with Crippen LogP contribution in [0.15, 0.2) is 36.9 Å². The first-order valence-corrected chi connectivity index (χ1v) is 6.58. The first kappa shape index (κ1) is 15.6. The Labute approximate surface area is 119 Å². The summed E-state index contributed by atoms with van der Waals surface area (Å²) in [5, 5.41) is 0.575. The Kier molecular flexibility index (Phi) is 5.90. The maximum Gasteiger partial charge on any atom is 0.309 e. The third-order valence-corrected chi connectivity index (χ3v) is 2.54. The molecular formula is C15H19ClO3. The largest absolute Gasteiger partial charge is 0.453 e. The van der Waals surface area contributed by atoms with E-state index >= 15 is 0 Å². The number of esters is 1. The number of halogens is 1. The van der Waals surface area contributed by atoms with Gasteiger partial charge in [-0.3, -0.25) is 4.79 Å². The molecule has 0 saturated carbocycles. The minimum Gasteiger partial charge on any atom is -0.453 e. The van der Waals surface area contributed by atoms with Crippen molar-refractivity contribution in [2.75, 3.05) is 0 Å². The van der Waals surface area contributed by atoms with E-state index < -0.39 is 5.79 Å². The zero-order valence-electron chi connectivity index (χ0n) is 11.3. The summed E-state index contributed by atoms with van der Waals surface area (Å²) in [5.74, 6) is -0.735. The van der Waals surface area contributed by atoms with E-state index in [1.54, 1.807) is 44.2 Å². The summed E-state index contributed by atoms with van der Waals surface area (Å²) in [4.78, 5) is 11.6. The fraction of sp³-hybridized carbons (Fsp3) is 0.400. The normalized spacial score (nSPS) is 10.9. The molecule has 0 saturated heterocycles. The number of hydrogen-bond acceptors (Lipinski definition) is 3. The van der Waals surface area contributed by atoms with Gasteiger partial charge < -0.3 is 9.47 Å². The molecule has 19 heavy (non-hydrogen) atoms. The molecule has 3 nitrogen and oxygen atoms in total. The highest BCUT2D eigenvalue weighted by molar-refractivity contribution is 6.30. The van der Waals surface area contributed by atoms with Gasteiger partial charge in [0.25, 0.3) is 0 Å². The molecule has 0 radical (unpaired) electrons. The molecule has 0 aliphatic carbocycles. The van der Waals surface area contributed by atoms with Gasteiger partial charge in [0, 0.05) is 25.3 Å². The average molecular weight is 283 g/mol.